The summed E-state index contributed by atoms with van der Waals surface area (Å²) < 4.78 is 0. The van der Waals surface area contributed by atoms with E-state index in [4.69, 9.17) is 28.9 Å². The van der Waals surface area contributed by atoms with Crippen LogP contribution in [0.3, 0.4) is 0 Å². The number of nitrogen functional groups attached to an aromatic ring is 1. The zero-order valence-electron chi connectivity index (χ0n) is 11.3. The Hall–Kier alpha value is -1.36. The van der Waals surface area contributed by atoms with Crippen LogP contribution in [0.2, 0.25) is 10.0 Å². The van der Waals surface area contributed by atoms with E-state index in [0.29, 0.717) is 21.4 Å². The molecular formula is C15H14Cl2N2OS. The van der Waals surface area contributed by atoms with Gasteiger partial charge in [-0.2, -0.15) is 0 Å². The maximum absolute atomic E-state index is 12.2. The number of thioether (sulfide) groups is 1. The second-order valence-electron chi connectivity index (χ2n) is 4.45. The van der Waals surface area contributed by atoms with Gasteiger partial charge in [0.2, 0.25) is 5.91 Å². The lowest BCUT2D eigenvalue weighted by Crippen LogP contribution is -2.22. The van der Waals surface area contributed by atoms with Gasteiger partial charge < -0.3 is 11.1 Å². The lowest BCUT2D eigenvalue weighted by Gasteiger charge is -2.13. The Labute approximate surface area is 137 Å². The predicted octanol–water partition coefficient (Wildman–Crippen LogP) is 4.69. The second kappa shape index (κ2) is 7.07. The van der Waals surface area contributed by atoms with E-state index in [1.54, 1.807) is 24.3 Å². The number of amides is 1. The zero-order valence-corrected chi connectivity index (χ0v) is 13.6. The highest BCUT2D eigenvalue weighted by Crippen LogP contribution is 2.28. The third-order valence-corrected chi connectivity index (χ3v) is 4.37. The third-order valence-electron chi connectivity index (χ3n) is 2.73. The molecule has 0 aliphatic rings. The van der Waals surface area contributed by atoms with Crippen LogP contribution in [-0.2, 0) is 4.79 Å². The van der Waals surface area contributed by atoms with Crippen molar-refractivity contribution in [2.24, 2.45) is 0 Å². The van der Waals surface area contributed by atoms with Gasteiger partial charge >= 0.3 is 0 Å². The quantitative estimate of drug-likeness (QED) is 0.626. The first kappa shape index (κ1) is 16.0. The van der Waals surface area contributed by atoms with E-state index in [-0.39, 0.29) is 11.2 Å². The van der Waals surface area contributed by atoms with Gasteiger partial charge in [-0.15, -0.1) is 11.8 Å². The van der Waals surface area contributed by atoms with E-state index >= 15 is 0 Å². The summed E-state index contributed by atoms with van der Waals surface area (Å²) in [4.78, 5) is 13.1. The summed E-state index contributed by atoms with van der Waals surface area (Å²) in [5.41, 5.74) is 6.73. The average molecular weight is 341 g/mol. The highest BCUT2D eigenvalue weighted by molar-refractivity contribution is 8.00. The van der Waals surface area contributed by atoms with Crippen molar-refractivity contribution in [3.63, 3.8) is 0 Å². The van der Waals surface area contributed by atoms with Crippen LogP contribution >= 0.6 is 35.0 Å². The minimum Gasteiger partial charge on any atom is -0.399 e. The summed E-state index contributed by atoms with van der Waals surface area (Å²) in [5, 5.41) is 3.58. The van der Waals surface area contributed by atoms with Crippen LogP contribution in [0.5, 0.6) is 0 Å². The van der Waals surface area contributed by atoms with Gasteiger partial charge in [0.25, 0.3) is 0 Å². The van der Waals surface area contributed by atoms with Gasteiger partial charge in [0, 0.05) is 15.6 Å². The fourth-order valence-corrected chi connectivity index (χ4v) is 3.08. The first-order valence-corrected chi connectivity index (χ1v) is 7.87. The molecule has 3 nitrogen and oxygen atoms in total. The van der Waals surface area contributed by atoms with Crippen LogP contribution in [-0.4, -0.2) is 11.2 Å². The van der Waals surface area contributed by atoms with Crippen LogP contribution in [0.25, 0.3) is 0 Å². The number of hydrogen-bond acceptors (Lipinski definition) is 3. The van der Waals surface area contributed by atoms with E-state index in [0.717, 1.165) is 4.90 Å². The van der Waals surface area contributed by atoms with Gasteiger partial charge in [-0.05, 0) is 43.3 Å². The predicted molar refractivity (Wildman–Crippen MR) is 91.3 cm³/mol. The number of benzene rings is 2. The molecule has 21 heavy (non-hydrogen) atoms. The lowest BCUT2D eigenvalue weighted by atomic mass is 10.2. The molecule has 0 aromatic heterocycles. The smallest absolute Gasteiger partial charge is 0.237 e. The molecule has 0 aliphatic carbocycles. The number of carbonyl (C=O) groups is 1. The summed E-state index contributed by atoms with van der Waals surface area (Å²) in [7, 11) is 0. The van der Waals surface area contributed by atoms with E-state index in [1.165, 1.54) is 11.8 Å². The molecule has 3 N–H and O–H groups in total. The average Bonchev–Trinajstić information content (AvgIpc) is 2.41. The number of hydrogen-bond donors (Lipinski definition) is 2. The van der Waals surface area contributed by atoms with E-state index in [1.807, 2.05) is 25.1 Å². The topological polar surface area (TPSA) is 55.1 Å². The highest BCUT2D eigenvalue weighted by Gasteiger charge is 2.16. The first-order valence-electron chi connectivity index (χ1n) is 6.24. The minimum absolute atomic E-state index is 0.133. The summed E-state index contributed by atoms with van der Waals surface area (Å²) in [5.74, 6) is -0.133. The summed E-state index contributed by atoms with van der Waals surface area (Å²) in [6, 6.07) is 12.4. The molecule has 2 rings (SSSR count). The van der Waals surface area contributed by atoms with Crippen LogP contribution in [0.15, 0.2) is 47.4 Å². The molecular weight excluding hydrogens is 327 g/mol. The maximum atomic E-state index is 12.2. The molecule has 1 unspecified atom stereocenters. The van der Waals surface area contributed by atoms with Gasteiger partial charge in [-0.3, -0.25) is 4.79 Å². The summed E-state index contributed by atoms with van der Waals surface area (Å²) in [6.45, 7) is 1.83. The number of anilines is 2. The molecule has 2 aromatic rings. The Kier molecular flexibility index (Phi) is 5.39. The Morgan fingerprint density at radius 1 is 1.24 bits per heavy atom. The van der Waals surface area contributed by atoms with Crippen molar-refractivity contribution in [1.82, 2.24) is 0 Å². The van der Waals surface area contributed by atoms with Crippen molar-refractivity contribution in [2.45, 2.75) is 17.1 Å². The summed E-state index contributed by atoms with van der Waals surface area (Å²) in [6.07, 6.45) is 0. The minimum atomic E-state index is -0.280. The largest absolute Gasteiger partial charge is 0.399 e. The van der Waals surface area contributed by atoms with Crippen molar-refractivity contribution < 1.29 is 4.79 Å². The molecule has 0 heterocycles. The van der Waals surface area contributed by atoms with Gasteiger partial charge in [0.1, 0.15) is 0 Å². The molecule has 0 aliphatic heterocycles. The van der Waals surface area contributed by atoms with Gasteiger partial charge in [0.15, 0.2) is 0 Å². The fourth-order valence-electron chi connectivity index (χ4n) is 1.67. The van der Waals surface area contributed by atoms with Gasteiger partial charge in [0.05, 0.1) is 16.0 Å². The number of nitrogens with two attached hydrogens (primary N) is 1. The fraction of sp³-hybridized carbons (Fsp3) is 0.133. The molecule has 0 saturated carbocycles. The molecule has 2 aromatic carbocycles. The normalized spacial score (nSPS) is 12.0. The zero-order chi connectivity index (χ0) is 15.4. The van der Waals surface area contributed by atoms with Crippen molar-refractivity contribution in [1.29, 1.82) is 0 Å². The van der Waals surface area contributed by atoms with Crippen molar-refractivity contribution >= 4 is 52.2 Å². The molecule has 0 spiro atoms. The lowest BCUT2D eigenvalue weighted by molar-refractivity contribution is -0.115. The molecule has 110 valence electrons. The number of halogens is 2. The first-order chi connectivity index (χ1) is 9.95. The molecule has 6 heteroatoms. The van der Waals surface area contributed by atoms with E-state index in [9.17, 15) is 4.79 Å². The number of nitrogens with one attached hydrogen (secondary N) is 1. The Morgan fingerprint density at radius 3 is 2.67 bits per heavy atom. The standard InChI is InChI=1S/C15H14Cl2N2OS/c1-9(21-12-4-2-3-10(16)7-12)15(20)19-14-6-5-11(18)8-13(14)17/h2-9H,18H2,1H3,(H,19,20). The van der Waals surface area contributed by atoms with Gasteiger partial charge in [-0.1, -0.05) is 29.3 Å². The van der Waals surface area contributed by atoms with Crippen LogP contribution in [0, 0.1) is 0 Å². The molecule has 0 fully saturated rings. The molecule has 0 radical (unpaired) electrons. The second-order valence-corrected chi connectivity index (χ2v) is 6.70. The molecule has 1 atom stereocenters. The monoisotopic (exact) mass is 340 g/mol. The third kappa shape index (κ3) is 4.56. The molecule has 0 saturated heterocycles. The number of rotatable bonds is 4. The van der Waals surface area contributed by atoms with Crippen LogP contribution in [0.4, 0.5) is 11.4 Å². The maximum Gasteiger partial charge on any atom is 0.237 e. The van der Waals surface area contributed by atoms with E-state index < -0.39 is 0 Å². The van der Waals surface area contributed by atoms with Crippen LogP contribution < -0.4 is 11.1 Å². The van der Waals surface area contributed by atoms with Crippen molar-refractivity contribution in [3.05, 3.63) is 52.5 Å². The van der Waals surface area contributed by atoms with Crippen molar-refractivity contribution in [3.8, 4) is 0 Å². The van der Waals surface area contributed by atoms with Crippen LogP contribution in [0.1, 0.15) is 6.92 Å². The number of carbonyl (C=O) groups excluding carboxylic acids is 1. The van der Waals surface area contributed by atoms with E-state index in [2.05, 4.69) is 5.32 Å². The van der Waals surface area contributed by atoms with Gasteiger partial charge in [-0.25, -0.2) is 0 Å². The molecule has 0 bridgehead atoms. The Balaban J connectivity index is 2.02. The Bertz CT molecular complexity index is 664. The Morgan fingerprint density at radius 2 is 2.00 bits per heavy atom. The highest BCUT2D eigenvalue weighted by atomic mass is 35.5. The molecule has 1 amide bonds. The SMILES string of the molecule is CC(Sc1cccc(Cl)c1)C(=O)Nc1ccc(N)cc1Cl. The summed E-state index contributed by atoms with van der Waals surface area (Å²) >= 11 is 13.4. The van der Waals surface area contributed by atoms with Crippen molar-refractivity contribution in [2.75, 3.05) is 11.1 Å².